The summed E-state index contributed by atoms with van der Waals surface area (Å²) in [7, 11) is 0. The predicted molar refractivity (Wildman–Crippen MR) is 41.2 cm³/mol. The maximum absolute atomic E-state index is 5.63. The first kappa shape index (κ1) is 6.90. The van der Waals surface area contributed by atoms with Gasteiger partial charge in [-0.2, -0.15) is 0 Å². The molecule has 1 aromatic heterocycles. The van der Waals surface area contributed by atoms with E-state index in [1.165, 1.54) is 0 Å². The molecule has 1 heterocycles. The van der Waals surface area contributed by atoms with Gasteiger partial charge in [-0.15, -0.1) is 12.6 Å². The van der Waals surface area contributed by atoms with E-state index >= 15 is 0 Å². The number of rotatable bonds is 0. The van der Waals surface area contributed by atoms with Crippen LogP contribution >= 0.6 is 24.2 Å². The summed E-state index contributed by atoms with van der Waals surface area (Å²) >= 11 is 9.68. The number of aromatic nitrogens is 1. The first-order chi connectivity index (χ1) is 4.20. The molecular weight excluding hydrogens is 154 g/mol. The molecule has 0 spiro atoms. The van der Waals surface area contributed by atoms with E-state index in [1.54, 1.807) is 0 Å². The van der Waals surface area contributed by atoms with E-state index in [2.05, 4.69) is 17.6 Å². The summed E-state index contributed by atoms with van der Waals surface area (Å²) < 4.78 is 0. The van der Waals surface area contributed by atoms with Gasteiger partial charge in [0.1, 0.15) is 5.15 Å². The minimum atomic E-state index is 0.471. The van der Waals surface area contributed by atoms with Crippen LogP contribution in [-0.2, 0) is 0 Å². The molecule has 0 bridgehead atoms. The van der Waals surface area contributed by atoms with Crippen molar-refractivity contribution in [2.75, 3.05) is 0 Å². The van der Waals surface area contributed by atoms with Crippen molar-refractivity contribution in [1.82, 2.24) is 4.98 Å². The summed E-state index contributed by atoms with van der Waals surface area (Å²) in [6.45, 7) is 1.89. The van der Waals surface area contributed by atoms with Crippen LogP contribution in [0.3, 0.4) is 0 Å². The zero-order valence-electron chi connectivity index (χ0n) is 4.93. The maximum atomic E-state index is 5.63. The van der Waals surface area contributed by atoms with Crippen LogP contribution in [0, 0.1) is 6.92 Å². The SMILES string of the molecule is Cc1ccc(S)c(Cl)n1. The molecule has 0 saturated heterocycles. The Hall–Kier alpha value is -0.210. The number of aryl methyl sites for hydroxylation is 1. The molecule has 0 amide bonds. The highest BCUT2D eigenvalue weighted by Gasteiger charge is 1.94. The van der Waals surface area contributed by atoms with Crippen molar-refractivity contribution >= 4 is 24.2 Å². The van der Waals surface area contributed by atoms with E-state index in [0.717, 1.165) is 10.6 Å². The third-order valence-electron chi connectivity index (χ3n) is 0.968. The van der Waals surface area contributed by atoms with Gasteiger partial charge >= 0.3 is 0 Å². The van der Waals surface area contributed by atoms with Crippen LogP contribution in [0.15, 0.2) is 17.0 Å². The highest BCUT2D eigenvalue weighted by Crippen LogP contribution is 2.16. The molecule has 0 aliphatic carbocycles. The Morgan fingerprint density at radius 3 is 2.67 bits per heavy atom. The number of pyridine rings is 1. The van der Waals surface area contributed by atoms with Gasteiger partial charge in [0.15, 0.2) is 0 Å². The normalized spacial score (nSPS) is 9.67. The molecule has 0 radical (unpaired) electrons. The average Bonchev–Trinajstić information content (AvgIpc) is 1.80. The fraction of sp³-hybridized carbons (Fsp3) is 0.167. The zero-order valence-corrected chi connectivity index (χ0v) is 6.58. The number of halogens is 1. The first-order valence-corrected chi connectivity index (χ1v) is 3.35. The Kier molecular flexibility index (Phi) is 1.98. The number of hydrogen-bond donors (Lipinski definition) is 1. The second-order valence-electron chi connectivity index (χ2n) is 1.76. The Morgan fingerprint density at radius 1 is 1.56 bits per heavy atom. The summed E-state index contributed by atoms with van der Waals surface area (Å²) in [4.78, 5) is 4.69. The Morgan fingerprint density at radius 2 is 2.22 bits per heavy atom. The standard InChI is InChI=1S/C6H6ClNS/c1-4-2-3-5(9)6(7)8-4/h2-3,9H,1H3. The van der Waals surface area contributed by atoms with Gasteiger partial charge in [0, 0.05) is 10.6 Å². The molecule has 48 valence electrons. The van der Waals surface area contributed by atoms with Gasteiger partial charge in [0.25, 0.3) is 0 Å². The molecule has 1 nitrogen and oxygen atoms in total. The second kappa shape index (κ2) is 2.58. The van der Waals surface area contributed by atoms with Crippen molar-refractivity contribution in [3.05, 3.63) is 23.0 Å². The molecule has 0 saturated carbocycles. The zero-order chi connectivity index (χ0) is 6.85. The lowest BCUT2D eigenvalue weighted by Crippen LogP contribution is -1.80. The monoisotopic (exact) mass is 159 g/mol. The molecule has 9 heavy (non-hydrogen) atoms. The molecule has 0 aliphatic rings. The van der Waals surface area contributed by atoms with Gasteiger partial charge in [-0.25, -0.2) is 4.98 Å². The Balaban J connectivity index is 3.17. The molecule has 0 aliphatic heterocycles. The summed E-state index contributed by atoms with van der Waals surface area (Å²) in [5, 5.41) is 0.471. The molecule has 0 atom stereocenters. The van der Waals surface area contributed by atoms with Gasteiger partial charge < -0.3 is 0 Å². The van der Waals surface area contributed by atoms with Crippen molar-refractivity contribution in [2.24, 2.45) is 0 Å². The van der Waals surface area contributed by atoms with E-state index < -0.39 is 0 Å². The fourth-order valence-corrected chi connectivity index (χ4v) is 0.839. The first-order valence-electron chi connectivity index (χ1n) is 2.52. The van der Waals surface area contributed by atoms with Crippen LogP contribution in [0.4, 0.5) is 0 Å². The lowest BCUT2D eigenvalue weighted by atomic mass is 10.4. The van der Waals surface area contributed by atoms with Gasteiger partial charge in [-0.05, 0) is 19.1 Å². The Bertz CT molecular complexity index is 224. The number of nitrogens with zero attached hydrogens (tertiary/aromatic N) is 1. The summed E-state index contributed by atoms with van der Waals surface area (Å²) in [5.41, 5.74) is 0.915. The van der Waals surface area contributed by atoms with E-state index in [0.29, 0.717) is 5.15 Å². The van der Waals surface area contributed by atoms with Crippen molar-refractivity contribution in [2.45, 2.75) is 11.8 Å². The quantitative estimate of drug-likeness (QED) is 0.453. The van der Waals surface area contributed by atoms with Crippen LogP contribution in [0.1, 0.15) is 5.69 Å². The minimum Gasteiger partial charge on any atom is -0.240 e. The minimum absolute atomic E-state index is 0.471. The molecular formula is C6H6ClNS. The fourth-order valence-electron chi connectivity index (χ4n) is 0.518. The topological polar surface area (TPSA) is 12.9 Å². The van der Waals surface area contributed by atoms with E-state index in [-0.39, 0.29) is 0 Å². The molecule has 0 aromatic carbocycles. The van der Waals surface area contributed by atoms with Crippen molar-refractivity contribution in [3.8, 4) is 0 Å². The maximum Gasteiger partial charge on any atom is 0.142 e. The molecule has 0 N–H and O–H groups in total. The molecule has 0 fully saturated rings. The van der Waals surface area contributed by atoms with Gasteiger partial charge in [-0.3, -0.25) is 0 Å². The van der Waals surface area contributed by atoms with Crippen LogP contribution in [-0.4, -0.2) is 4.98 Å². The highest BCUT2D eigenvalue weighted by molar-refractivity contribution is 7.80. The van der Waals surface area contributed by atoms with Crippen LogP contribution in [0.2, 0.25) is 5.15 Å². The van der Waals surface area contributed by atoms with Crippen LogP contribution in [0.25, 0.3) is 0 Å². The van der Waals surface area contributed by atoms with E-state index in [4.69, 9.17) is 11.6 Å². The number of hydrogen-bond acceptors (Lipinski definition) is 2. The van der Waals surface area contributed by atoms with Gasteiger partial charge in [0.2, 0.25) is 0 Å². The summed E-state index contributed by atoms with van der Waals surface area (Å²) in [6.07, 6.45) is 0. The largest absolute Gasteiger partial charge is 0.240 e. The van der Waals surface area contributed by atoms with Crippen LogP contribution < -0.4 is 0 Å². The van der Waals surface area contributed by atoms with Crippen molar-refractivity contribution in [3.63, 3.8) is 0 Å². The molecule has 0 unspecified atom stereocenters. The molecule has 1 aromatic rings. The average molecular weight is 160 g/mol. The predicted octanol–water partition coefficient (Wildman–Crippen LogP) is 2.33. The number of thiol groups is 1. The lowest BCUT2D eigenvalue weighted by molar-refractivity contribution is 1.15. The lowest BCUT2D eigenvalue weighted by Gasteiger charge is -1.94. The summed E-state index contributed by atoms with van der Waals surface area (Å²) in [6, 6.07) is 3.70. The molecule has 1 rings (SSSR count). The van der Waals surface area contributed by atoms with Gasteiger partial charge in [-0.1, -0.05) is 11.6 Å². The third kappa shape index (κ3) is 1.60. The van der Waals surface area contributed by atoms with Crippen molar-refractivity contribution in [1.29, 1.82) is 0 Å². The van der Waals surface area contributed by atoms with Crippen molar-refractivity contribution < 1.29 is 0 Å². The van der Waals surface area contributed by atoms with Crippen LogP contribution in [0.5, 0.6) is 0 Å². The second-order valence-corrected chi connectivity index (χ2v) is 2.60. The Labute approximate surface area is 64.5 Å². The summed E-state index contributed by atoms with van der Waals surface area (Å²) in [5.74, 6) is 0. The third-order valence-corrected chi connectivity index (χ3v) is 1.75. The van der Waals surface area contributed by atoms with E-state index in [1.807, 2.05) is 19.1 Å². The molecule has 3 heteroatoms. The highest BCUT2D eigenvalue weighted by atomic mass is 35.5. The smallest absolute Gasteiger partial charge is 0.142 e. The van der Waals surface area contributed by atoms with Gasteiger partial charge in [0.05, 0.1) is 0 Å². The van der Waals surface area contributed by atoms with E-state index in [9.17, 15) is 0 Å².